The summed E-state index contributed by atoms with van der Waals surface area (Å²) in [7, 11) is 0. The van der Waals surface area contributed by atoms with Gasteiger partial charge in [0.25, 0.3) is 0 Å². The lowest BCUT2D eigenvalue weighted by Crippen LogP contribution is -2.19. The molecule has 0 bridgehead atoms. The normalized spacial score (nSPS) is 11.9. The molecule has 7 heteroatoms. The van der Waals surface area contributed by atoms with Crippen molar-refractivity contribution < 1.29 is 27.0 Å². The van der Waals surface area contributed by atoms with Crippen LogP contribution in [0.5, 0.6) is 17.2 Å². The topological polar surface area (TPSA) is 42.3 Å². The van der Waals surface area contributed by atoms with Crippen LogP contribution in [0, 0.1) is 28.7 Å². The van der Waals surface area contributed by atoms with E-state index < -0.39 is 29.0 Å². The molecular weight excluding hydrogens is 470 g/mol. The summed E-state index contributed by atoms with van der Waals surface area (Å²) in [6.45, 7) is 12.8. The number of halogens is 4. The Morgan fingerprint density at radius 2 is 1.47 bits per heavy atom. The lowest BCUT2D eigenvalue weighted by atomic mass is 9.79. The van der Waals surface area contributed by atoms with Crippen LogP contribution in [0.1, 0.15) is 63.8 Å². The molecule has 0 unspecified atom stereocenters. The molecular formula is C29H31F4NO2. The molecule has 0 radical (unpaired) electrons. The summed E-state index contributed by atoms with van der Waals surface area (Å²) in [6.07, 6.45) is 1.60. The van der Waals surface area contributed by atoms with Crippen molar-refractivity contribution in [3.05, 3.63) is 88.0 Å². The van der Waals surface area contributed by atoms with E-state index in [4.69, 9.17) is 14.9 Å². The van der Waals surface area contributed by atoms with Crippen LogP contribution in [0.25, 0.3) is 0 Å². The molecule has 192 valence electrons. The quantitative estimate of drug-likeness (QED) is 0.153. The van der Waals surface area contributed by atoms with Crippen LogP contribution < -0.4 is 9.47 Å². The highest BCUT2D eigenvalue weighted by atomic mass is 19.2. The predicted octanol–water partition coefficient (Wildman–Crippen LogP) is 8.25. The minimum atomic E-state index is -1.93. The first kappa shape index (κ1) is 27.2. The number of benzene rings is 3. The lowest BCUT2D eigenvalue weighted by molar-refractivity contribution is 0.309. The van der Waals surface area contributed by atoms with E-state index in [2.05, 4.69) is 47.6 Å². The van der Waals surface area contributed by atoms with Gasteiger partial charge in [0.1, 0.15) is 11.5 Å². The fraction of sp³-hybridized carbons (Fsp3) is 0.345. The summed E-state index contributed by atoms with van der Waals surface area (Å²) in [5, 5.41) is 7.97. The highest BCUT2D eigenvalue weighted by Crippen LogP contribution is 2.38. The molecule has 0 aliphatic carbocycles. The molecule has 3 nitrogen and oxygen atoms in total. The van der Waals surface area contributed by atoms with Crippen molar-refractivity contribution in [3.63, 3.8) is 0 Å². The smallest absolute Gasteiger partial charge is 0.204 e. The van der Waals surface area contributed by atoms with Gasteiger partial charge in [-0.3, -0.25) is 0 Å². The third kappa shape index (κ3) is 5.89. The average Bonchev–Trinajstić information content (AvgIpc) is 2.80. The molecule has 0 fully saturated rings. The molecule has 0 aromatic heterocycles. The molecule has 36 heavy (non-hydrogen) atoms. The molecule has 0 aliphatic heterocycles. The van der Waals surface area contributed by atoms with Crippen molar-refractivity contribution in [2.75, 3.05) is 6.61 Å². The van der Waals surface area contributed by atoms with Crippen LogP contribution in [0.3, 0.4) is 0 Å². The fourth-order valence-corrected chi connectivity index (χ4v) is 3.73. The second-order valence-electron chi connectivity index (χ2n) is 10.7. The average molecular weight is 502 g/mol. The molecule has 0 amide bonds. The molecule has 3 rings (SSSR count). The molecule has 3 aromatic rings. The molecule has 0 atom stereocenters. The Bertz CT molecular complexity index is 1270. The van der Waals surface area contributed by atoms with Crippen molar-refractivity contribution in [3.8, 4) is 17.2 Å². The third-order valence-electron chi connectivity index (χ3n) is 5.83. The summed E-state index contributed by atoms with van der Waals surface area (Å²) in [4.78, 5) is 0. The van der Waals surface area contributed by atoms with E-state index in [1.807, 2.05) is 6.07 Å². The van der Waals surface area contributed by atoms with Gasteiger partial charge in [-0.05, 0) is 34.1 Å². The number of ether oxygens (including phenoxy) is 2. The lowest BCUT2D eigenvalue weighted by Gasteiger charge is -2.28. The standard InChI is InChI=1S/C29H31F4NO2/c1-28(2,3)19-13-18(16-34)27(20(14-19)29(4,5)6)35-12-11-17-9-7-8-10-22(17)36-23-15-21(30)24(31)26(33)25(23)32/h7-10,13-16,34H,11-12H2,1-6H3. The van der Waals surface area contributed by atoms with Crippen LogP contribution in [-0.2, 0) is 17.3 Å². The van der Waals surface area contributed by atoms with Gasteiger partial charge in [0.05, 0.1) is 6.61 Å². The highest BCUT2D eigenvalue weighted by Gasteiger charge is 2.26. The number of rotatable bonds is 7. The van der Waals surface area contributed by atoms with E-state index in [-0.39, 0.29) is 23.2 Å². The zero-order valence-corrected chi connectivity index (χ0v) is 21.4. The summed E-state index contributed by atoms with van der Waals surface area (Å²) in [5.74, 6) is -6.95. The highest BCUT2D eigenvalue weighted by molar-refractivity contribution is 5.83. The van der Waals surface area contributed by atoms with Crippen molar-refractivity contribution in [2.45, 2.75) is 58.8 Å². The Morgan fingerprint density at radius 3 is 2.08 bits per heavy atom. The third-order valence-corrected chi connectivity index (χ3v) is 5.83. The maximum Gasteiger partial charge on any atom is 0.204 e. The Kier molecular flexibility index (Phi) is 7.82. The molecule has 0 spiro atoms. The van der Waals surface area contributed by atoms with E-state index in [0.717, 1.165) is 11.1 Å². The first-order valence-electron chi connectivity index (χ1n) is 11.6. The van der Waals surface area contributed by atoms with E-state index in [0.29, 0.717) is 29.4 Å². The second-order valence-corrected chi connectivity index (χ2v) is 10.7. The van der Waals surface area contributed by atoms with Crippen LogP contribution in [0.2, 0.25) is 0 Å². The minimum absolute atomic E-state index is 0.110. The number of nitrogens with one attached hydrogen (secondary N) is 1. The maximum absolute atomic E-state index is 14.1. The van der Waals surface area contributed by atoms with Gasteiger partial charge in [0, 0.05) is 29.8 Å². The Labute approximate surface area is 209 Å². The fourth-order valence-electron chi connectivity index (χ4n) is 3.73. The SMILES string of the molecule is CC(C)(C)c1cc(C=N)c(OCCc2ccccc2Oc2cc(F)c(F)c(F)c2F)c(C(C)(C)C)c1. The second kappa shape index (κ2) is 10.3. The molecule has 0 saturated heterocycles. The van der Waals surface area contributed by atoms with Crippen molar-refractivity contribution in [1.29, 1.82) is 5.41 Å². The predicted molar refractivity (Wildman–Crippen MR) is 134 cm³/mol. The summed E-state index contributed by atoms with van der Waals surface area (Å²) < 4.78 is 66.3. The molecule has 0 aliphatic rings. The van der Waals surface area contributed by atoms with Crippen LogP contribution >= 0.6 is 0 Å². The van der Waals surface area contributed by atoms with Crippen LogP contribution in [0.15, 0.2) is 42.5 Å². The van der Waals surface area contributed by atoms with E-state index in [1.165, 1.54) is 12.3 Å². The number of hydrogen-bond donors (Lipinski definition) is 1. The maximum atomic E-state index is 14.1. The Hall–Kier alpha value is -3.35. The van der Waals surface area contributed by atoms with E-state index in [1.54, 1.807) is 18.2 Å². The summed E-state index contributed by atoms with van der Waals surface area (Å²) >= 11 is 0. The molecule has 1 N–H and O–H groups in total. The molecule has 0 saturated carbocycles. The van der Waals surface area contributed by atoms with Gasteiger partial charge < -0.3 is 14.9 Å². The molecule has 0 heterocycles. The Balaban J connectivity index is 1.88. The monoisotopic (exact) mass is 501 g/mol. The summed E-state index contributed by atoms with van der Waals surface area (Å²) in [6, 6.07) is 11.2. The van der Waals surface area contributed by atoms with Crippen molar-refractivity contribution in [2.24, 2.45) is 0 Å². The zero-order valence-electron chi connectivity index (χ0n) is 21.4. The number of hydrogen-bond acceptors (Lipinski definition) is 3. The van der Waals surface area contributed by atoms with Gasteiger partial charge in [0.2, 0.25) is 11.6 Å². The summed E-state index contributed by atoms with van der Waals surface area (Å²) in [5.41, 5.74) is 2.97. The Morgan fingerprint density at radius 1 is 0.806 bits per heavy atom. The van der Waals surface area contributed by atoms with E-state index in [9.17, 15) is 17.6 Å². The largest absolute Gasteiger partial charge is 0.492 e. The zero-order chi connectivity index (χ0) is 26.8. The van der Waals surface area contributed by atoms with Gasteiger partial charge in [-0.2, -0.15) is 4.39 Å². The van der Waals surface area contributed by atoms with E-state index >= 15 is 0 Å². The van der Waals surface area contributed by atoms with Gasteiger partial charge >= 0.3 is 0 Å². The van der Waals surface area contributed by atoms with Gasteiger partial charge in [-0.25, -0.2) is 13.2 Å². The first-order chi connectivity index (χ1) is 16.7. The minimum Gasteiger partial charge on any atom is -0.492 e. The number of para-hydroxylation sites is 1. The first-order valence-corrected chi connectivity index (χ1v) is 11.6. The van der Waals surface area contributed by atoms with Gasteiger partial charge in [0.15, 0.2) is 17.4 Å². The van der Waals surface area contributed by atoms with Gasteiger partial charge in [-0.1, -0.05) is 65.8 Å². The van der Waals surface area contributed by atoms with Crippen molar-refractivity contribution >= 4 is 6.21 Å². The van der Waals surface area contributed by atoms with Crippen LogP contribution in [-0.4, -0.2) is 12.8 Å². The van der Waals surface area contributed by atoms with Gasteiger partial charge in [-0.15, -0.1) is 0 Å². The van der Waals surface area contributed by atoms with Crippen molar-refractivity contribution in [1.82, 2.24) is 0 Å². The molecule has 3 aromatic carbocycles. The van der Waals surface area contributed by atoms with Crippen LogP contribution in [0.4, 0.5) is 17.6 Å².